The number of aromatic amines is 1. The highest BCUT2D eigenvalue weighted by Crippen LogP contribution is 2.37. The van der Waals surface area contributed by atoms with E-state index in [0.29, 0.717) is 5.92 Å². The number of aryl methyl sites for hydroxylation is 1. The number of hydrogen-bond acceptors (Lipinski definition) is 2. The third-order valence-corrected chi connectivity index (χ3v) is 4.74. The molecule has 1 amide bonds. The SMILES string of the molecule is Cc1ccc2[nH]cc(C3CCCCC3NC(=O)OC(C)(C)C)c2c1. The Hall–Kier alpha value is -1.97. The Morgan fingerprint density at radius 2 is 2.00 bits per heavy atom. The maximum absolute atomic E-state index is 12.2. The lowest BCUT2D eigenvalue weighted by Crippen LogP contribution is -2.43. The van der Waals surface area contributed by atoms with Crippen molar-refractivity contribution in [2.24, 2.45) is 0 Å². The molecule has 1 aliphatic rings. The van der Waals surface area contributed by atoms with Gasteiger partial charge in [-0.2, -0.15) is 0 Å². The van der Waals surface area contributed by atoms with Crippen molar-refractivity contribution in [3.05, 3.63) is 35.5 Å². The molecule has 3 rings (SSSR count). The number of ether oxygens (including phenoxy) is 1. The highest BCUT2D eigenvalue weighted by Gasteiger charge is 2.30. The molecule has 2 aromatic rings. The molecule has 24 heavy (non-hydrogen) atoms. The van der Waals surface area contributed by atoms with Gasteiger partial charge in [0.2, 0.25) is 0 Å². The number of fused-ring (bicyclic) bond motifs is 1. The number of amides is 1. The first kappa shape index (κ1) is 16.9. The fourth-order valence-corrected chi connectivity index (χ4v) is 3.70. The van der Waals surface area contributed by atoms with E-state index in [0.717, 1.165) is 24.8 Å². The number of rotatable bonds is 2. The molecule has 1 aromatic carbocycles. The van der Waals surface area contributed by atoms with Gasteiger partial charge in [0.15, 0.2) is 0 Å². The first-order chi connectivity index (χ1) is 11.3. The third-order valence-electron chi connectivity index (χ3n) is 4.74. The quantitative estimate of drug-likeness (QED) is 0.812. The molecule has 0 saturated heterocycles. The van der Waals surface area contributed by atoms with Crippen molar-refractivity contribution in [3.63, 3.8) is 0 Å². The van der Waals surface area contributed by atoms with Crippen molar-refractivity contribution in [3.8, 4) is 0 Å². The van der Waals surface area contributed by atoms with Crippen LogP contribution in [0.5, 0.6) is 0 Å². The second-order valence-electron chi connectivity index (χ2n) is 7.94. The number of hydrogen-bond donors (Lipinski definition) is 2. The molecule has 1 heterocycles. The normalized spacial score (nSPS) is 21.7. The van der Waals surface area contributed by atoms with Crippen molar-refractivity contribution in [2.45, 2.75) is 70.9 Å². The van der Waals surface area contributed by atoms with E-state index >= 15 is 0 Å². The summed E-state index contributed by atoms with van der Waals surface area (Å²) in [6, 6.07) is 6.63. The predicted molar refractivity (Wildman–Crippen MR) is 97.4 cm³/mol. The summed E-state index contributed by atoms with van der Waals surface area (Å²) in [4.78, 5) is 15.6. The summed E-state index contributed by atoms with van der Waals surface area (Å²) >= 11 is 0. The highest BCUT2D eigenvalue weighted by molar-refractivity contribution is 5.84. The molecule has 2 unspecified atom stereocenters. The van der Waals surface area contributed by atoms with Gasteiger partial charge in [0, 0.05) is 29.1 Å². The average Bonchev–Trinajstić information content (AvgIpc) is 2.88. The highest BCUT2D eigenvalue weighted by atomic mass is 16.6. The minimum Gasteiger partial charge on any atom is -0.444 e. The van der Waals surface area contributed by atoms with E-state index in [9.17, 15) is 4.79 Å². The van der Waals surface area contributed by atoms with Crippen LogP contribution in [0.1, 0.15) is 63.5 Å². The lowest BCUT2D eigenvalue weighted by Gasteiger charge is -2.33. The van der Waals surface area contributed by atoms with E-state index in [-0.39, 0.29) is 12.1 Å². The molecular weight excluding hydrogens is 300 g/mol. The third kappa shape index (κ3) is 3.74. The number of carbonyl (C=O) groups excluding carboxylic acids is 1. The minimum absolute atomic E-state index is 0.133. The summed E-state index contributed by atoms with van der Waals surface area (Å²) in [6.07, 6.45) is 6.26. The Balaban J connectivity index is 1.83. The van der Waals surface area contributed by atoms with Crippen LogP contribution in [0.25, 0.3) is 10.9 Å². The molecule has 1 aliphatic carbocycles. The molecule has 2 N–H and O–H groups in total. The van der Waals surface area contributed by atoms with E-state index in [4.69, 9.17) is 4.74 Å². The van der Waals surface area contributed by atoms with Crippen LogP contribution in [0.15, 0.2) is 24.4 Å². The van der Waals surface area contributed by atoms with Gasteiger partial charge in [-0.25, -0.2) is 4.79 Å². The summed E-state index contributed by atoms with van der Waals surface area (Å²) < 4.78 is 5.45. The number of alkyl carbamates (subject to hydrolysis) is 1. The van der Waals surface area contributed by atoms with E-state index < -0.39 is 5.60 Å². The lowest BCUT2D eigenvalue weighted by atomic mass is 9.80. The van der Waals surface area contributed by atoms with Crippen LogP contribution in [0.4, 0.5) is 4.79 Å². The van der Waals surface area contributed by atoms with E-state index in [1.54, 1.807) is 0 Å². The van der Waals surface area contributed by atoms with E-state index in [2.05, 4.69) is 41.6 Å². The molecule has 0 radical (unpaired) electrons. The van der Waals surface area contributed by atoms with Crippen LogP contribution < -0.4 is 5.32 Å². The van der Waals surface area contributed by atoms with Gasteiger partial charge in [0.25, 0.3) is 0 Å². The maximum atomic E-state index is 12.2. The van der Waals surface area contributed by atoms with Crippen LogP contribution in [-0.2, 0) is 4.74 Å². The fraction of sp³-hybridized carbons (Fsp3) is 0.550. The second-order valence-corrected chi connectivity index (χ2v) is 7.94. The Morgan fingerprint density at radius 3 is 2.75 bits per heavy atom. The summed E-state index contributed by atoms with van der Waals surface area (Å²) in [5.74, 6) is 0.335. The van der Waals surface area contributed by atoms with Crippen molar-refractivity contribution in [1.29, 1.82) is 0 Å². The van der Waals surface area contributed by atoms with Gasteiger partial charge in [-0.15, -0.1) is 0 Å². The van der Waals surface area contributed by atoms with E-state index in [1.807, 2.05) is 20.8 Å². The molecule has 2 atom stereocenters. The van der Waals surface area contributed by atoms with Gasteiger partial charge in [0.1, 0.15) is 5.60 Å². The van der Waals surface area contributed by atoms with E-state index in [1.165, 1.54) is 22.9 Å². The van der Waals surface area contributed by atoms with Gasteiger partial charge in [-0.1, -0.05) is 24.5 Å². The van der Waals surface area contributed by atoms with Crippen LogP contribution in [0.3, 0.4) is 0 Å². The number of carbonyl (C=O) groups is 1. The molecular formula is C20H28N2O2. The zero-order valence-corrected chi connectivity index (χ0v) is 15.1. The van der Waals surface area contributed by atoms with Crippen molar-refractivity contribution in [1.82, 2.24) is 10.3 Å². The molecule has 0 spiro atoms. The topological polar surface area (TPSA) is 54.1 Å². The Bertz CT molecular complexity index is 727. The largest absolute Gasteiger partial charge is 0.444 e. The van der Waals surface area contributed by atoms with Crippen molar-refractivity contribution in [2.75, 3.05) is 0 Å². The fourth-order valence-electron chi connectivity index (χ4n) is 3.70. The van der Waals surface area contributed by atoms with Crippen LogP contribution >= 0.6 is 0 Å². The Labute approximate surface area is 144 Å². The summed E-state index contributed by atoms with van der Waals surface area (Å²) in [5, 5.41) is 4.39. The van der Waals surface area contributed by atoms with Crippen LogP contribution in [0.2, 0.25) is 0 Å². The van der Waals surface area contributed by atoms with Crippen LogP contribution in [0, 0.1) is 6.92 Å². The molecule has 4 nitrogen and oxygen atoms in total. The molecule has 0 aliphatic heterocycles. The van der Waals surface area contributed by atoms with Gasteiger partial charge < -0.3 is 15.0 Å². The zero-order chi connectivity index (χ0) is 17.3. The zero-order valence-electron chi connectivity index (χ0n) is 15.1. The Kier molecular flexibility index (Phi) is 4.57. The van der Waals surface area contributed by atoms with Gasteiger partial charge in [0.05, 0.1) is 0 Å². The standard InChI is InChI=1S/C20H28N2O2/c1-13-9-10-17-15(11-13)16(12-21-17)14-7-5-6-8-18(14)22-19(23)24-20(2,3)4/h9-12,14,18,21H,5-8H2,1-4H3,(H,22,23). The Morgan fingerprint density at radius 1 is 1.25 bits per heavy atom. The molecule has 1 saturated carbocycles. The number of nitrogens with one attached hydrogen (secondary N) is 2. The molecule has 1 fully saturated rings. The summed E-state index contributed by atoms with van der Waals surface area (Å²) in [6.45, 7) is 7.81. The van der Waals surface area contributed by atoms with Gasteiger partial charge in [-0.3, -0.25) is 0 Å². The molecule has 1 aromatic heterocycles. The van der Waals surface area contributed by atoms with Crippen molar-refractivity contribution >= 4 is 17.0 Å². The predicted octanol–water partition coefficient (Wildman–Crippen LogP) is 5.03. The van der Waals surface area contributed by atoms with Gasteiger partial charge in [-0.05, 0) is 58.2 Å². The molecule has 130 valence electrons. The lowest BCUT2D eigenvalue weighted by molar-refractivity contribution is 0.0485. The second kappa shape index (κ2) is 6.50. The monoisotopic (exact) mass is 328 g/mol. The summed E-state index contributed by atoms with van der Waals surface area (Å²) in [7, 11) is 0. The first-order valence-corrected chi connectivity index (χ1v) is 8.90. The van der Waals surface area contributed by atoms with Gasteiger partial charge >= 0.3 is 6.09 Å². The maximum Gasteiger partial charge on any atom is 0.407 e. The first-order valence-electron chi connectivity index (χ1n) is 8.90. The molecule has 0 bridgehead atoms. The number of aromatic nitrogens is 1. The minimum atomic E-state index is -0.466. The number of H-pyrrole nitrogens is 1. The van der Waals surface area contributed by atoms with Crippen molar-refractivity contribution < 1.29 is 9.53 Å². The smallest absolute Gasteiger partial charge is 0.407 e. The van der Waals surface area contributed by atoms with Crippen LogP contribution in [-0.4, -0.2) is 22.7 Å². The number of benzene rings is 1. The summed E-state index contributed by atoms with van der Waals surface area (Å²) in [5.41, 5.74) is 3.27. The molecule has 4 heteroatoms. The average molecular weight is 328 g/mol.